The first kappa shape index (κ1) is 10.5. The minimum Gasteiger partial charge on any atom is -0.397 e. The Labute approximate surface area is 93.8 Å². The lowest BCUT2D eigenvalue weighted by molar-refractivity contribution is 1.34. The predicted octanol–water partition coefficient (Wildman–Crippen LogP) is 2.48. The summed E-state index contributed by atoms with van der Waals surface area (Å²) in [5, 5.41) is 0. The van der Waals surface area contributed by atoms with Gasteiger partial charge in [-0.2, -0.15) is 0 Å². The Morgan fingerprint density at radius 2 is 1.92 bits per heavy atom. The van der Waals surface area contributed by atoms with E-state index in [9.17, 15) is 0 Å². The highest BCUT2D eigenvalue weighted by molar-refractivity contribution is 14.2. The SMILES string of the molecule is Nc1ccnc2cccnc12.SI. The van der Waals surface area contributed by atoms with Gasteiger partial charge in [0.1, 0.15) is 5.52 Å². The summed E-state index contributed by atoms with van der Waals surface area (Å²) in [4.78, 5) is 8.19. The second kappa shape index (κ2) is 5.23. The molecule has 13 heavy (non-hydrogen) atoms. The van der Waals surface area contributed by atoms with Gasteiger partial charge in [0.15, 0.2) is 0 Å². The van der Waals surface area contributed by atoms with Crippen molar-refractivity contribution in [1.82, 2.24) is 9.97 Å². The van der Waals surface area contributed by atoms with Gasteiger partial charge in [0.25, 0.3) is 0 Å². The number of nitrogens with two attached hydrogens (primary N) is 1. The van der Waals surface area contributed by atoms with Gasteiger partial charge in [-0.15, -0.1) is 9.80 Å². The summed E-state index contributed by atoms with van der Waals surface area (Å²) < 4.78 is 0. The lowest BCUT2D eigenvalue weighted by atomic mass is 10.3. The summed E-state index contributed by atoms with van der Waals surface area (Å²) in [7, 11) is 3.50. The molecule has 5 heteroatoms. The molecule has 2 heterocycles. The van der Waals surface area contributed by atoms with Crippen molar-refractivity contribution in [1.29, 1.82) is 0 Å². The van der Waals surface area contributed by atoms with Gasteiger partial charge in [0, 0.05) is 12.4 Å². The number of anilines is 1. The highest BCUT2D eigenvalue weighted by Crippen LogP contribution is 2.13. The number of aromatic nitrogens is 2. The van der Waals surface area contributed by atoms with Crippen LogP contribution in [0.1, 0.15) is 0 Å². The summed E-state index contributed by atoms with van der Waals surface area (Å²) in [6.45, 7) is 0. The van der Waals surface area contributed by atoms with E-state index < -0.39 is 0 Å². The molecule has 0 bridgehead atoms. The fourth-order valence-electron chi connectivity index (χ4n) is 1.00. The van der Waals surface area contributed by atoms with Gasteiger partial charge in [0.2, 0.25) is 0 Å². The van der Waals surface area contributed by atoms with E-state index in [0.717, 1.165) is 11.0 Å². The van der Waals surface area contributed by atoms with Crippen LogP contribution in [0.5, 0.6) is 0 Å². The fraction of sp³-hybridized carbons (Fsp3) is 0. The molecule has 0 aromatic carbocycles. The molecule has 0 spiro atoms. The normalized spacial score (nSPS) is 9.08. The highest BCUT2D eigenvalue weighted by Gasteiger charge is 1.95. The second-order valence-corrected chi connectivity index (χ2v) is 2.27. The van der Waals surface area contributed by atoms with E-state index in [2.05, 4.69) is 19.8 Å². The molecule has 2 aromatic rings. The van der Waals surface area contributed by atoms with E-state index in [1.165, 1.54) is 0 Å². The van der Waals surface area contributed by atoms with Crippen LogP contribution >= 0.6 is 31.0 Å². The summed E-state index contributed by atoms with van der Waals surface area (Å²) in [6.07, 6.45) is 3.39. The number of hydrogen-bond acceptors (Lipinski definition) is 4. The van der Waals surface area contributed by atoms with E-state index in [0.29, 0.717) is 5.69 Å². The molecule has 0 radical (unpaired) electrons. The van der Waals surface area contributed by atoms with Crippen LogP contribution in [-0.4, -0.2) is 9.97 Å². The monoisotopic (exact) mass is 305 g/mol. The number of thiol groups is 1. The van der Waals surface area contributed by atoms with Crippen molar-refractivity contribution >= 4 is 47.7 Å². The summed E-state index contributed by atoms with van der Waals surface area (Å²) in [5.41, 5.74) is 7.94. The van der Waals surface area contributed by atoms with Gasteiger partial charge < -0.3 is 5.73 Å². The van der Waals surface area contributed by atoms with E-state index in [-0.39, 0.29) is 0 Å². The third-order valence-electron chi connectivity index (χ3n) is 1.53. The van der Waals surface area contributed by atoms with Crippen molar-refractivity contribution in [2.24, 2.45) is 0 Å². The third-order valence-corrected chi connectivity index (χ3v) is 1.53. The van der Waals surface area contributed by atoms with Gasteiger partial charge >= 0.3 is 0 Å². The maximum atomic E-state index is 5.65. The van der Waals surface area contributed by atoms with Crippen molar-refractivity contribution in [3.05, 3.63) is 30.6 Å². The number of nitrogens with zero attached hydrogens (tertiary/aromatic N) is 2. The van der Waals surface area contributed by atoms with E-state index in [1.54, 1.807) is 18.5 Å². The van der Waals surface area contributed by atoms with E-state index in [1.807, 2.05) is 33.3 Å². The second-order valence-electron chi connectivity index (χ2n) is 2.27. The first-order chi connectivity index (χ1) is 6.38. The van der Waals surface area contributed by atoms with Crippen molar-refractivity contribution in [3.8, 4) is 0 Å². The van der Waals surface area contributed by atoms with E-state index >= 15 is 0 Å². The Morgan fingerprint density at radius 3 is 2.62 bits per heavy atom. The van der Waals surface area contributed by atoms with Gasteiger partial charge in [-0.05, 0) is 39.4 Å². The molecule has 0 fully saturated rings. The van der Waals surface area contributed by atoms with Crippen LogP contribution in [0.2, 0.25) is 0 Å². The molecule has 2 aromatic heterocycles. The lowest BCUT2D eigenvalue weighted by Crippen LogP contribution is -1.89. The quantitative estimate of drug-likeness (QED) is 0.581. The zero-order chi connectivity index (χ0) is 9.68. The van der Waals surface area contributed by atoms with Crippen molar-refractivity contribution in [3.63, 3.8) is 0 Å². The topological polar surface area (TPSA) is 51.8 Å². The minimum absolute atomic E-state index is 0.676. The molecule has 0 aliphatic rings. The Morgan fingerprint density at radius 1 is 1.15 bits per heavy atom. The first-order valence-electron chi connectivity index (χ1n) is 3.50. The lowest BCUT2D eigenvalue weighted by Gasteiger charge is -1.96. The molecule has 2 rings (SSSR count). The van der Waals surface area contributed by atoms with Crippen LogP contribution in [0.25, 0.3) is 11.0 Å². The molecule has 0 aliphatic carbocycles. The van der Waals surface area contributed by atoms with Crippen molar-refractivity contribution in [2.75, 3.05) is 5.73 Å². The smallest absolute Gasteiger partial charge is 0.112 e. The Bertz CT molecular complexity index is 389. The summed E-state index contributed by atoms with van der Waals surface area (Å²) >= 11 is 1.84. The molecular weight excluding hydrogens is 297 g/mol. The number of fused-ring (bicyclic) bond motifs is 1. The largest absolute Gasteiger partial charge is 0.397 e. The molecule has 0 amide bonds. The molecule has 0 saturated carbocycles. The minimum atomic E-state index is 0.676. The van der Waals surface area contributed by atoms with Crippen LogP contribution in [0, 0.1) is 0 Å². The number of halogens is 1. The van der Waals surface area contributed by atoms with Crippen LogP contribution in [-0.2, 0) is 0 Å². The van der Waals surface area contributed by atoms with Crippen LogP contribution < -0.4 is 5.73 Å². The summed E-state index contributed by atoms with van der Waals surface area (Å²) in [6, 6.07) is 5.48. The van der Waals surface area contributed by atoms with Gasteiger partial charge in [-0.3, -0.25) is 9.97 Å². The zero-order valence-corrected chi connectivity index (χ0v) is 9.74. The number of pyridine rings is 2. The van der Waals surface area contributed by atoms with Gasteiger partial charge in [-0.25, -0.2) is 0 Å². The van der Waals surface area contributed by atoms with Gasteiger partial charge in [-0.1, -0.05) is 0 Å². The van der Waals surface area contributed by atoms with Crippen molar-refractivity contribution < 1.29 is 0 Å². The Kier molecular flexibility index (Phi) is 4.23. The highest BCUT2D eigenvalue weighted by atomic mass is 127. The molecule has 2 N–H and O–H groups in total. The van der Waals surface area contributed by atoms with Crippen LogP contribution in [0.4, 0.5) is 5.69 Å². The number of rotatable bonds is 0. The fourth-order valence-corrected chi connectivity index (χ4v) is 1.00. The average Bonchev–Trinajstić information content (AvgIpc) is 2.22. The molecule has 0 saturated heterocycles. The number of nitrogen functional groups attached to an aromatic ring is 1. The predicted molar refractivity (Wildman–Crippen MR) is 67.0 cm³/mol. The maximum Gasteiger partial charge on any atom is 0.112 e. The molecule has 0 atom stereocenters. The third kappa shape index (κ3) is 2.44. The molecule has 3 nitrogen and oxygen atoms in total. The molecule has 68 valence electrons. The molecular formula is C8H8IN3S. The average molecular weight is 305 g/mol. The standard InChI is InChI=1S/C8H7N3.HIS/c9-6-3-5-10-7-2-1-4-11-8(6)7;1-2/h1-5H,(H2,9,10);2H. The van der Waals surface area contributed by atoms with E-state index in [4.69, 9.17) is 5.73 Å². The molecule has 0 unspecified atom stereocenters. The van der Waals surface area contributed by atoms with Crippen molar-refractivity contribution in [2.45, 2.75) is 0 Å². The van der Waals surface area contributed by atoms with Gasteiger partial charge in [0.05, 0.1) is 11.2 Å². The number of hydrogen-bond donors (Lipinski definition) is 2. The Hall–Kier alpha value is -0.560. The molecule has 0 aliphatic heterocycles. The summed E-state index contributed by atoms with van der Waals surface area (Å²) in [5.74, 6) is 0. The first-order valence-corrected chi connectivity index (χ1v) is 6.73. The van der Waals surface area contributed by atoms with Crippen LogP contribution in [0.3, 0.4) is 0 Å². The maximum absolute atomic E-state index is 5.65. The Balaban J connectivity index is 0.000000396. The zero-order valence-electron chi connectivity index (χ0n) is 6.68. The van der Waals surface area contributed by atoms with Crippen LogP contribution in [0.15, 0.2) is 30.6 Å².